The summed E-state index contributed by atoms with van der Waals surface area (Å²) < 4.78 is 18.3. The van der Waals surface area contributed by atoms with Crippen LogP contribution >= 0.6 is 0 Å². The molecule has 0 aliphatic carbocycles. The molecule has 2 rings (SSSR count). The molecule has 15 heavy (non-hydrogen) atoms. The molecule has 3 nitrogen and oxygen atoms in total. The lowest BCUT2D eigenvalue weighted by Gasteiger charge is -2.09. The fourth-order valence-corrected chi connectivity index (χ4v) is 1.73. The smallest absolute Gasteiger partial charge is 0.193 e. The van der Waals surface area contributed by atoms with Crippen LogP contribution in [0.15, 0.2) is 18.5 Å². The zero-order valence-electron chi connectivity index (χ0n) is 8.44. The molecular formula is C11H12FNO2. The number of hydrogen-bond donors (Lipinski definition) is 0. The first-order valence-electron chi connectivity index (χ1n) is 4.97. The molecule has 2 heterocycles. The quantitative estimate of drug-likeness (QED) is 0.699. The van der Waals surface area contributed by atoms with Gasteiger partial charge in [-0.3, -0.25) is 9.78 Å². The van der Waals surface area contributed by atoms with Crippen LogP contribution in [0.25, 0.3) is 0 Å². The zero-order valence-corrected chi connectivity index (χ0v) is 8.44. The van der Waals surface area contributed by atoms with Gasteiger partial charge in [0.05, 0.1) is 12.3 Å². The number of pyridine rings is 1. The number of aromatic nitrogens is 1. The molecule has 1 aromatic heterocycles. The van der Waals surface area contributed by atoms with Gasteiger partial charge in [-0.05, 0) is 25.8 Å². The fraction of sp³-hybridized carbons (Fsp3) is 0.455. The highest BCUT2D eigenvalue weighted by Crippen LogP contribution is 2.22. The molecule has 1 aliphatic rings. The summed E-state index contributed by atoms with van der Waals surface area (Å²) in [5.41, 5.74) is 0.286. The minimum atomic E-state index is -0.494. The summed E-state index contributed by atoms with van der Waals surface area (Å²) in [7, 11) is 0. The summed E-state index contributed by atoms with van der Waals surface area (Å²) in [6, 6.07) is 1.20. The van der Waals surface area contributed by atoms with Crippen LogP contribution in [0.5, 0.6) is 0 Å². The lowest BCUT2D eigenvalue weighted by molar-refractivity contribution is 0.0433. The highest BCUT2D eigenvalue weighted by Gasteiger charge is 2.29. The van der Waals surface area contributed by atoms with Crippen molar-refractivity contribution in [2.24, 2.45) is 0 Å². The maximum atomic E-state index is 12.8. The van der Waals surface area contributed by atoms with Crippen LogP contribution in [0.4, 0.5) is 4.39 Å². The molecule has 1 saturated heterocycles. The summed E-state index contributed by atoms with van der Waals surface area (Å²) in [6.07, 6.45) is 3.71. The highest BCUT2D eigenvalue weighted by molar-refractivity contribution is 5.99. The van der Waals surface area contributed by atoms with Crippen molar-refractivity contribution in [1.82, 2.24) is 4.98 Å². The van der Waals surface area contributed by atoms with Gasteiger partial charge >= 0.3 is 0 Å². The van der Waals surface area contributed by atoms with Crippen LogP contribution in [0.3, 0.4) is 0 Å². The van der Waals surface area contributed by atoms with Crippen molar-refractivity contribution in [3.8, 4) is 0 Å². The number of carbonyl (C=O) groups excluding carboxylic acids is 1. The SMILES string of the molecule is CC1CCC(C(=O)c2cncc(F)c2)O1. The van der Waals surface area contributed by atoms with Crippen LogP contribution in [0.1, 0.15) is 30.1 Å². The van der Waals surface area contributed by atoms with E-state index < -0.39 is 11.9 Å². The van der Waals surface area contributed by atoms with E-state index in [1.54, 1.807) is 0 Å². The van der Waals surface area contributed by atoms with Crippen LogP contribution in [-0.2, 0) is 4.74 Å². The highest BCUT2D eigenvalue weighted by atomic mass is 19.1. The van der Waals surface area contributed by atoms with E-state index in [-0.39, 0.29) is 17.5 Å². The molecule has 0 aromatic carbocycles. The molecular weight excluding hydrogens is 197 g/mol. The van der Waals surface area contributed by atoms with Gasteiger partial charge in [0.2, 0.25) is 0 Å². The van der Waals surface area contributed by atoms with Gasteiger partial charge in [0.15, 0.2) is 5.78 Å². The number of ketones is 1. The van der Waals surface area contributed by atoms with E-state index in [0.717, 1.165) is 12.6 Å². The van der Waals surface area contributed by atoms with Gasteiger partial charge in [0.1, 0.15) is 11.9 Å². The molecule has 0 bridgehead atoms. The van der Waals surface area contributed by atoms with Gasteiger partial charge in [-0.1, -0.05) is 0 Å². The molecule has 0 N–H and O–H groups in total. The van der Waals surface area contributed by atoms with Crippen molar-refractivity contribution >= 4 is 5.78 Å². The Kier molecular flexibility index (Phi) is 2.77. The molecule has 0 saturated carbocycles. The lowest BCUT2D eigenvalue weighted by atomic mass is 10.1. The zero-order chi connectivity index (χ0) is 10.8. The standard InChI is InChI=1S/C11H12FNO2/c1-7-2-3-10(15-7)11(14)8-4-9(12)6-13-5-8/h4-7,10H,2-3H2,1H3. The number of ether oxygens (including phenoxy) is 1. The minimum absolute atomic E-state index is 0.112. The first-order valence-corrected chi connectivity index (χ1v) is 4.97. The summed E-state index contributed by atoms with van der Waals surface area (Å²) in [5.74, 6) is -0.668. The third-order valence-electron chi connectivity index (χ3n) is 2.51. The number of hydrogen-bond acceptors (Lipinski definition) is 3. The maximum absolute atomic E-state index is 12.8. The van der Waals surface area contributed by atoms with Crippen molar-refractivity contribution < 1.29 is 13.9 Å². The molecule has 1 aromatic rings. The number of Topliss-reactive ketones (excluding diaryl/α,β-unsaturated/α-hetero) is 1. The van der Waals surface area contributed by atoms with Gasteiger partial charge in [-0.15, -0.1) is 0 Å². The van der Waals surface area contributed by atoms with E-state index in [4.69, 9.17) is 4.74 Å². The molecule has 0 amide bonds. The number of nitrogens with zero attached hydrogens (tertiary/aromatic N) is 1. The van der Waals surface area contributed by atoms with E-state index >= 15 is 0 Å². The van der Waals surface area contributed by atoms with Crippen LogP contribution in [-0.4, -0.2) is 23.0 Å². The fourth-order valence-electron chi connectivity index (χ4n) is 1.73. The Labute approximate surface area is 87.3 Å². The Morgan fingerprint density at radius 2 is 2.33 bits per heavy atom. The van der Waals surface area contributed by atoms with E-state index in [1.807, 2.05) is 6.92 Å². The summed E-state index contributed by atoms with van der Waals surface area (Å²) in [5, 5.41) is 0. The summed E-state index contributed by atoms with van der Waals surface area (Å²) in [4.78, 5) is 15.5. The first kappa shape index (κ1) is 10.2. The maximum Gasteiger partial charge on any atom is 0.193 e. The Hall–Kier alpha value is -1.29. The van der Waals surface area contributed by atoms with Gasteiger partial charge in [0, 0.05) is 11.8 Å². The van der Waals surface area contributed by atoms with Gasteiger partial charge < -0.3 is 4.74 Å². The summed E-state index contributed by atoms with van der Waals surface area (Å²) in [6.45, 7) is 1.93. The van der Waals surface area contributed by atoms with Crippen LogP contribution in [0, 0.1) is 5.82 Å². The van der Waals surface area contributed by atoms with E-state index in [1.165, 1.54) is 12.3 Å². The number of carbonyl (C=O) groups is 1. The van der Waals surface area contributed by atoms with E-state index in [0.29, 0.717) is 6.42 Å². The monoisotopic (exact) mass is 209 g/mol. The number of halogens is 1. The molecule has 2 atom stereocenters. The molecule has 0 radical (unpaired) electrons. The second-order valence-electron chi connectivity index (χ2n) is 3.77. The third kappa shape index (κ3) is 2.21. The Balaban J connectivity index is 2.14. The molecule has 1 fully saturated rings. The second kappa shape index (κ2) is 4.06. The van der Waals surface area contributed by atoms with E-state index in [9.17, 15) is 9.18 Å². The molecule has 0 spiro atoms. The largest absolute Gasteiger partial charge is 0.367 e. The first-order chi connectivity index (χ1) is 7.16. The third-order valence-corrected chi connectivity index (χ3v) is 2.51. The second-order valence-corrected chi connectivity index (χ2v) is 3.77. The van der Waals surface area contributed by atoms with E-state index in [2.05, 4.69) is 4.98 Å². The van der Waals surface area contributed by atoms with Crippen molar-refractivity contribution in [3.05, 3.63) is 29.8 Å². The molecule has 1 aliphatic heterocycles. The van der Waals surface area contributed by atoms with Crippen molar-refractivity contribution in [2.45, 2.75) is 32.0 Å². The van der Waals surface area contributed by atoms with Crippen LogP contribution in [0.2, 0.25) is 0 Å². The number of rotatable bonds is 2. The normalized spacial score (nSPS) is 25.5. The minimum Gasteiger partial charge on any atom is -0.367 e. The predicted molar refractivity (Wildman–Crippen MR) is 52.1 cm³/mol. The van der Waals surface area contributed by atoms with Crippen molar-refractivity contribution in [3.63, 3.8) is 0 Å². The Bertz CT molecular complexity index is 381. The molecule has 2 unspecified atom stereocenters. The Morgan fingerprint density at radius 3 is 2.93 bits per heavy atom. The van der Waals surface area contributed by atoms with Crippen molar-refractivity contribution in [1.29, 1.82) is 0 Å². The van der Waals surface area contributed by atoms with Gasteiger partial charge in [-0.25, -0.2) is 4.39 Å². The topological polar surface area (TPSA) is 39.2 Å². The Morgan fingerprint density at radius 1 is 1.53 bits per heavy atom. The molecule has 4 heteroatoms. The van der Waals surface area contributed by atoms with Gasteiger partial charge in [0.25, 0.3) is 0 Å². The predicted octanol–water partition coefficient (Wildman–Crippen LogP) is 1.97. The lowest BCUT2D eigenvalue weighted by Crippen LogP contribution is -2.21. The van der Waals surface area contributed by atoms with Gasteiger partial charge in [-0.2, -0.15) is 0 Å². The average Bonchev–Trinajstić information content (AvgIpc) is 2.64. The molecule has 80 valence electrons. The average molecular weight is 209 g/mol. The van der Waals surface area contributed by atoms with Crippen molar-refractivity contribution in [2.75, 3.05) is 0 Å². The summed E-state index contributed by atoms with van der Waals surface area (Å²) >= 11 is 0. The van der Waals surface area contributed by atoms with Crippen LogP contribution < -0.4 is 0 Å².